The fourth-order valence-corrected chi connectivity index (χ4v) is 6.95. The lowest BCUT2D eigenvalue weighted by atomic mass is 9.61. The van der Waals surface area contributed by atoms with Crippen LogP contribution in [0.15, 0.2) is 0 Å². The maximum atomic E-state index is 2.82. The van der Waals surface area contributed by atoms with E-state index in [-0.39, 0.29) is 0 Å². The van der Waals surface area contributed by atoms with Crippen LogP contribution in [0, 0.1) is 29.6 Å². The van der Waals surface area contributed by atoms with Crippen molar-refractivity contribution in [2.45, 2.75) is 96.1 Å². The fourth-order valence-electron chi connectivity index (χ4n) is 6.95. The molecule has 1 nitrogen and oxygen atoms in total. The van der Waals surface area contributed by atoms with Gasteiger partial charge in [0.15, 0.2) is 0 Å². The monoisotopic (exact) mass is 303 g/mol. The van der Waals surface area contributed by atoms with E-state index >= 15 is 0 Å². The Morgan fingerprint density at radius 2 is 1.45 bits per heavy atom. The van der Waals surface area contributed by atoms with E-state index in [9.17, 15) is 0 Å². The summed E-state index contributed by atoms with van der Waals surface area (Å²) in [5, 5.41) is 0. The van der Waals surface area contributed by atoms with Crippen LogP contribution in [-0.4, -0.2) is 24.0 Å². The summed E-state index contributed by atoms with van der Waals surface area (Å²) in [7, 11) is 2.46. The third kappa shape index (κ3) is 2.76. The molecule has 2 heterocycles. The largest absolute Gasteiger partial charge is 0.300 e. The van der Waals surface area contributed by atoms with Gasteiger partial charge < -0.3 is 4.90 Å². The first-order valence-corrected chi connectivity index (χ1v) is 10.5. The Labute approximate surface area is 138 Å². The predicted molar refractivity (Wildman–Crippen MR) is 93.9 cm³/mol. The van der Waals surface area contributed by atoms with Crippen LogP contribution in [0.25, 0.3) is 0 Å². The van der Waals surface area contributed by atoms with Gasteiger partial charge in [0.1, 0.15) is 0 Å². The molecule has 4 aliphatic rings. The first kappa shape index (κ1) is 15.5. The van der Waals surface area contributed by atoms with Gasteiger partial charge in [0.25, 0.3) is 0 Å². The minimum Gasteiger partial charge on any atom is -0.300 e. The van der Waals surface area contributed by atoms with E-state index in [2.05, 4.69) is 18.9 Å². The highest BCUT2D eigenvalue weighted by Crippen LogP contribution is 2.52. The highest BCUT2D eigenvalue weighted by Gasteiger charge is 2.50. The molecular weight excluding hydrogens is 266 g/mol. The summed E-state index contributed by atoms with van der Waals surface area (Å²) in [6, 6.07) is 1.89. The molecule has 0 N–H and O–H groups in total. The average Bonchev–Trinajstić information content (AvgIpc) is 2.79. The Bertz CT molecular complexity index is 364. The zero-order chi connectivity index (χ0) is 15.1. The Kier molecular flexibility index (Phi) is 4.55. The number of hydrogen-bond acceptors (Lipinski definition) is 1. The van der Waals surface area contributed by atoms with Gasteiger partial charge in [-0.1, -0.05) is 51.9 Å². The van der Waals surface area contributed by atoms with Gasteiger partial charge in [0, 0.05) is 12.1 Å². The van der Waals surface area contributed by atoms with Crippen molar-refractivity contribution in [2.75, 3.05) is 7.05 Å². The van der Waals surface area contributed by atoms with Crippen molar-refractivity contribution in [2.24, 2.45) is 29.6 Å². The van der Waals surface area contributed by atoms with Crippen molar-refractivity contribution in [3.05, 3.63) is 0 Å². The van der Waals surface area contributed by atoms with Crippen molar-refractivity contribution in [1.29, 1.82) is 0 Å². The second-order valence-corrected chi connectivity index (χ2v) is 9.36. The maximum absolute atomic E-state index is 2.82. The number of fused-ring (bicyclic) bond motifs is 2. The second-order valence-electron chi connectivity index (χ2n) is 9.36. The molecule has 0 aromatic rings. The molecular formula is C21H37N. The summed E-state index contributed by atoms with van der Waals surface area (Å²) in [6.07, 6.45) is 18.4. The van der Waals surface area contributed by atoms with Crippen LogP contribution in [0.3, 0.4) is 0 Å². The molecule has 2 bridgehead atoms. The molecule has 4 fully saturated rings. The van der Waals surface area contributed by atoms with Gasteiger partial charge in [-0.15, -0.1) is 0 Å². The van der Waals surface area contributed by atoms with Crippen molar-refractivity contribution in [3.8, 4) is 0 Å². The molecule has 0 aromatic heterocycles. The molecule has 126 valence electrons. The molecule has 0 amide bonds. The molecule has 1 heteroatoms. The first-order valence-electron chi connectivity index (χ1n) is 10.5. The topological polar surface area (TPSA) is 3.24 Å². The molecule has 22 heavy (non-hydrogen) atoms. The van der Waals surface area contributed by atoms with Crippen molar-refractivity contribution in [1.82, 2.24) is 4.90 Å². The van der Waals surface area contributed by atoms with Crippen LogP contribution in [0.4, 0.5) is 0 Å². The van der Waals surface area contributed by atoms with Gasteiger partial charge in [-0.2, -0.15) is 0 Å². The Hall–Kier alpha value is -0.0400. The van der Waals surface area contributed by atoms with Crippen LogP contribution >= 0.6 is 0 Å². The third-order valence-electron chi connectivity index (χ3n) is 8.24. The van der Waals surface area contributed by atoms with Gasteiger partial charge in [0.05, 0.1) is 0 Å². The zero-order valence-corrected chi connectivity index (χ0v) is 15.0. The van der Waals surface area contributed by atoms with E-state index < -0.39 is 0 Å². The molecule has 4 rings (SSSR count). The SMILES string of the molecule is CC1CCC(C2C3CC[C@H](C[C@@H]2C2CCCCC2)N3C)CC1. The van der Waals surface area contributed by atoms with E-state index in [1.54, 1.807) is 32.1 Å². The highest BCUT2D eigenvalue weighted by molar-refractivity contribution is 5.03. The van der Waals surface area contributed by atoms with Crippen molar-refractivity contribution >= 4 is 0 Å². The highest BCUT2D eigenvalue weighted by atomic mass is 15.2. The zero-order valence-electron chi connectivity index (χ0n) is 15.0. The normalized spacial score (nSPS) is 47.7. The molecule has 0 radical (unpaired) electrons. The minimum absolute atomic E-state index is 0.940. The molecule has 2 saturated heterocycles. The molecule has 0 aromatic carbocycles. The van der Waals surface area contributed by atoms with Crippen LogP contribution < -0.4 is 0 Å². The van der Waals surface area contributed by atoms with E-state index in [0.717, 1.165) is 41.7 Å². The third-order valence-corrected chi connectivity index (χ3v) is 8.24. The average molecular weight is 304 g/mol. The Balaban J connectivity index is 1.54. The summed E-state index contributed by atoms with van der Waals surface area (Å²) in [6.45, 7) is 2.48. The Morgan fingerprint density at radius 3 is 2.18 bits per heavy atom. The van der Waals surface area contributed by atoms with Gasteiger partial charge in [-0.25, -0.2) is 0 Å². The van der Waals surface area contributed by atoms with E-state index in [1.165, 1.54) is 44.9 Å². The van der Waals surface area contributed by atoms with Crippen molar-refractivity contribution < 1.29 is 0 Å². The summed E-state index contributed by atoms with van der Waals surface area (Å²) >= 11 is 0. The maximum Gasteiger partial charge on any atom is 0.0129 e. The summed E-state index contributed by atoms with van der Waals surface area (Å²) < 4.78 is 0. The minimum atomic E-state index is 0.940. The van der Waals surface area contributed by atoms with E-state index in [0.29, 0.717) is 0 Å². The number of hydrogen-bond donors (Lipinski definition) is 0. The molecule has 2 saturated carbocycles. The molecule has 2 aliphatic heterocycles. The van der Waals surface area contributed by atoms with Crippen LogP contribution in [0.1, 0.15) is 84.0 Å². The summed E-state index contributed by atoms with van der Waals surface area (Å²) in [4.78, 5) is 2.82. The standard InChI is InChI=1S/C21H37N/c1-15-8-10-17(11-9-15)21-19(16-6-4-3-5-7-16)14-18-12-13-20(21)22(18)2/h15-21H,3-14H2,1-2H3/t15?,17?,18-,19-,20?,21?/m1/s1. The van der Waals surface area contributed by atoms with Crippen LogP contribution in [-0.2, 0) is 0 Å². The summed E-state index contributed by atoms with van der Waals surface area (Å²) in [5.41, 5.74) is 0. The number of rotatable bonds is 2. The predicted octanol–water partition coefficient (Wildman–Crippen LogP) is 5.49. The number of piperidine rings is 1. The lowest BCUT2D eigenvalue weighted by Crippen LogP contribution is -2.51. The van der Waals surface area contributed by atoms with E-state index in [1.807, 2.05) is 0 Å². The Morgan fingerprint density at radius 1 is 0.727 bits per heavy atom. The van der Waals surface area contributed by atoms with Gasteiger partial charge in [-0.3, -0.25) is 0 Å². The molecule has 0 spiro atoms. The van der Waals surface area contributed by atoms with Crippen molar-refractivity contribution in [3.63, 3.8) is 0 Å². The molecule has 2 unspecified atom stereocenters. The number of nitrogens with zero attached hydrogens (tertiary/aromatic N) is 1. The smallest absolute Gasteiger partial charge is 0.0129 e. The lowest BCUT2D eigenvalue weighted by molar-refractivity contribution is -0.0169. The van der Waals surface area contributed by atoms with Crippen LogP contribution in [0.5, 0.6) is 0 Å². The first-order chi connectivity index (χ1) is 10.7. The summed E-state index contributed by atoms with van der Waals surface area (Å²) in [5.74, 6) is 5.30. The van der Waals surface area contributed by atoms with Gasteiger partial charge >= 0.3 is 0 Å². The van der Waals surface area contributed by atoms with Gasteiger partial charge in [0.2, 0.25) is 0 Å². The second kappa shape index (κ2) is 6.46. The van der Waals surface area contributed by atoms with Crippen LogP contribution in [0.2, 0.25) is 0 Å². The fraction of sp³-hybridized carbons (Fsp3) is 1.00. The lowest BCUT2D eigenvalue weighted by Gasteiger charge is -2.51. The quantitative estimate of drug-likeness (QED) is 0.652. The molecule has 4 atom stereocenters. The molecule has 2 aliphatic carbocycles. The van der Waals surface area contributed by atoms with Gasteiger partial charge in [-0.05, 0) is 68.7 Å². The van der Waals surface area contributed by atoms with E-state index in [4.69, 9.17) is 0 Å².